The van der Waals surface area contributed by atoms with Gasteiger partial charge in [-0.25, -0.2) is 0 Å². The van der Waals surface area contributed by atoms with Gasteiger partial charge in [-0.05, 0) is 43.5 Å². The molecule has 0 spiro atoms. The van der Waals surface area contributed by atoms with Crippen molar-refractivity contribution in [3.63, 3.8) is 0 Å². The molecule has 0 aliphatic carbocycles. The summed E-state index contributed by atoms with van der Waals surface area (Å²) >= 11 is 7.80. The van der Waals surface area contributed by atoms with Gasteiger partial charge in [0.2, 0.25) is 5.82 Å². The highest BCUT2D eigenvalue weighted by Gasteiger charge is 2.13. The molecule has 3 rings (SSSR count). The van der Waals surface area contributed by atoms with Gasteiger partial charge in [0.05, 0.1) is 16.7 Å². The summed E-state index contributed by atoms with van der Waals surface area (Å²) in [7, 11) is 0. The van der Waals surface area contributed by atoms with Crippen molar-refractivity contribution in [2.45, 2.75) is 20.0 Å². The fourth-order valence-corrected chi connectivity index (χ4v) is 2.69. The van der Waals surface area contributed by atoms with E-state index in [0.717, 1.165) is 11.1 Å². The molecule has 0 N–H and O–H groups in total. The van der Waals surface area contributed by atoms with Crippen molar-refractivity contribution in [1.82, 2.24) is 10.1 Å². The summed E-state index contributed by atoms with van der Waals surface area (Å²) in [5.41, 5.74) is 1.71. The van der Waals surface area contributed by atoms with Gasteiger partial charge in [0.15, 0.2) is 0 Å². The van der Waals surface area contributed by atoms with Crippen molar-refractivity contribution in [1.29, 1.82) is 0 Å². The Labute approximate surface area is 131 Å². The summed E-state index contributed by atoms with van der Waals surface area (Å²) < 4.78 is 10.9. The topological polar surface area (TPSA) is 48.2 Å². The van der Waals surface area contributed by atoms with Crippen LogP contribution in [0.1, 0.15) is 13.8 Å². The van der Waals surface area contributed by atoms with E-state index in [2.05, 4.69) is 10.1 Å². The lowest BCUT2D eigenvalue weighted by Crippen LogP contribution is -2.05. The highest BCUT2D eigenvalue weighted by atomic mass is 35.5. The van der Waals surface area contributed by atoms with Crippen LogP contribution in [-0.4, -0.2) is 16.2 Å². The van der Waals surface area contributed by atoms with Gasteiger partial charge in [0.1, 0.15) is 5.75 Å². The maximum Gasteiger partial charge on any atom is 0.259 e. The van der Waals surface area contributed by atoms with E-state index in [1.165, 1.54) is 0 Å². The largest absolute Gasteiger partial charge is 0.489 e. The van der Waals surface area contributed by atoms with Crippen LogP contribution in [0.5, 0.6) is 5.75 Å². The fraction of sp³-hybridized carbons (Fsp3) is 0.200. The number of nitrogens with zero attached hydrogens (tertiary/aromatic N) is 2. The number of ether oxygens (including phenoxy) is 1. The van der Waals surface area contributed by atoms with Crippen LogP contribution in [0.25, 0.3) is 22.8 Å². The van der Waals surface area contributed by atoms with Gasteiger partial charge in [0, 0.05) is 10.9 Å². The minimum atomic E-state index is 0.0729. The maximum absolute atomic E-state index is 6.22. The highest BCUT2D eigenvalue weighted by Crippen LogP contribution is 2.31. The fourth-order valence-electron chi connectivity index (χ4n) is 1.83. The molecular weight excluding hydrogens is 308 g/mol. The molecule has 0 saturated heterocycles. The summed E-state index contributed by atoms with van der Waals surface area (Å²) in [5.74, 6) is 1.66. The first-order valence-corrected chi connectivity index (χ1v) is 7.78. The molecule has 4 nitrogen and oxygen atoms in total. The molecule has 2 aromatic heterocycles. The van der Waals surface area contributed by atoms with Gasteiger partial charge in [-0.1, -0.05) is 16.8 Å². The van der Waals surface area contributed by atoms with Gasteiger partial charge in [-0.2, -0.15) is 16.3 Å². The smallest absolute Gasteiger partial charge is 0.259 e. The Morgan fingerprint density at radius 2 is 2.10 bits per heavy atom. The molecule has 2 heterocycles. The first-order valence-electron chi connectivity index (χ1n) is 6.46. The van der Waals surface area contributed by atoms with E-state index in [0.29, 0.717) is 22.5 Å². The van der Waals surface area contributed by atoms with Gasteiger partial charge in [-0.15, -0.1) is 0 Å². The lowest BCUT2D eigenvalue weighted by molar-refractivity contribution is 0.242. The van der Waals surface area contributed by atoms with Crippen LogP contribution in [-0.2, 0) is 0 Å². The minimum Gasteiger partial charge on any atom is -0.489 e. The molecule has 0 saturated carbocycles. The lowest BCUT2D eigenvalue weighted by Gasteiger charge is -2.11. The number of rotatable bonds is 4. The molecule has 0 aliphatic rings. The predicted molar refractivity (Wildman–Crippen MR) is 83.8 cm³/mol. The first-order chi connectivity index (χ1) is 10.1. The van der Waals surface area contributed by atoms with Crippen molar-refractivity contribution in [2.75, 3.05) is 0 Å². The summed E-state index contributed by atoms with van der Waals surface area (Å²) in [6.07, 6.45) is 0.0729. The van der Waals surface area contributed by atoms with Crippen molar-refractivity contribution in [3.8, 4) is 28.6 Å². The Kier molecular flexibility index (Phi) is 3.94. The molecule has 0 amide bonds. The van der Waals surface area contributed by atoms with Gasteiger partial charge >= 0.3 is 0 Å². The summed E-state index contributed by atoms with van der Waals surface area (Å²) in [4.78, 5) is 4.38. The second kappa shape index (κ2) is 5.87. The Morgan fingerprint density at radius 1 is 1.24 bits per heavy atom. The molecule has 0 unspecified atom stereocenters. The summed E-state index contributed by atoms with van der Waals surface area (Å²) in [6.45, 7) is 3.91. The Balaban J connectivity index is 1.89. The monoisotopic (exact) mass is 320 g/mol. The molecule has 0 bridgehead atoms. The van der Waals surface area contributed by atoms with E-state index in [9.17, 15) is 0 Å². The Morgan fingerprint density at radius 3 is 2.76 bits per heavy atom. The molecule has 0 atom stereocenters. The van der Waals surface area contributed by atoms with E-state index in [1.54, 1.807) is 17.4 Å². The molecule has 0 aliphatic heterocycles. The van der Waals surface area contributed by atoms with E-state index in [-0.39, 0.29) is 6.10 Å². The molecule has 1 aromatic carbocycles. The van der Waals surface area contributed by atoms with Crippen LogP contribution >= 0.6 is 22.9 Å². The standard InChI is InChI=1S/C15H13ClN2O2S/c1-9(2)19-13-4-3-10(7-12(13)16)14-17-15(20-18-14)11-5-6-21-8-11/h3-9H,1-2H3. The van der Waals surface area contributed by atoms with E-state index in [1.807, 2.05) is 42.8 Å². The minimum absolute atomic E-state index is 0.0729. The number of hydrogen-bond donors (Lipinski definition) is 0. The van der Waals surface area contributed by atoms with Crippen LogP contribution < -0.4 is 4.74 Å². The second-order valence-corrected chi connectivity index (χ2v) is 5.93. The normalized spacial score (nSPS) is 11.0. The van der Waals surface area contributed by atoms with Gasteiger partial charge in [0.25, 0.3) is 5.89 Å². The third-order valence-electron chi connectivity index (χ3n) is 2.75. The molecule has 3 aromatic rings. The van der Waals surface area contributed by atoms with Crippen LogP contribution in [0, 0.1) is 0 Å². The van der Waals surface area contributed by atoms with Crippen molar-refractivity contribution in [3.05, 3.63) is 40.0 Å². The molecular formula is C15H13ClN2O2S. The Hall–Kier alpha value is -1.85. The third-order valence-corrected chi connectivity index (χ3v) is 3.73. The quantitative estimate of drug-likeness (QED) is 0.685. The molecule has 6 heteroatoms. The average molecular weight is 321 g/mol. The van der Waals surface area contributed by atoms with Gasteiger partial charge < -0.3 is 9.26 Å². The predicted octanol–water partition coefficient (Wildman–Crippen LogP) is 4.91. The van der Waals surface area contributed by atoms with Crippen LogP contribution in [0.4, 0.5) is 0 Å². The van der Waals surface area contributed by atoms with Crippen LogP contribution in [0.2, 0.25) is 5.02 Å². The Bertz CT molecular complexity index is 738. The van der Waals surface area contributed by atoms with Crippen molar-refractivity contribution < 1.29 is 9.26 Å². The van der Waals surface area contributed by atoms with Crippen LogP contribution in [0.3, 0.4) is 0 Å². The number of aromatic nitrogens is 2. The maximum atomic E-state index is 6.22. The number of benzene rings is 1. The number of halogens is 1. The molecule has 108 valence electrons. The summed E-state index contributed by atoms with van der Waals surface area (Å²) in [6, 6.07) is 7.40. The SMILES string of the molecule is CC(C)Oc1ccc(-c2noc(-c3ccsc3)n2)cc1Cl. The van der Waals surface area contributed by atoms with Crippen LogP contribution in [0.15, 0.2) is 39.5 Å². The van der Waals surface area contributed by atoms with Crippen molar-refractivity contribution >= 4 is 22.9 Å². The molecule has 21 heavy (non-hydrogen) atoms. The van der Waals surface area contributed by atoms with E-state index < -0.39 is 0 Å². The zero-order valence-corrected chi connectivity index (χ0v) is 13.1. The number of thiophene rings is 1. The third kappa shape index (κ3) is 3.09. The molecule has 0 radical (unpaired) electrons. The van der Waals surface area contributed by atoms with Gasteiger partial charge in [-0.3, -0.25) is 0 Å². The second-order valence-electron chi connectivity index (χ2n) is 4.75. The van der Waals surface area contributed by atoms with E-state index >= 15 is 0 Å². The lowest BCUT2D eigenvalue weighted by atomic mass is 10.2. The zero-order valence-electron chi connectivity index (χ0n) is 11.5. The van der Waals surface area contributed by atoms with Crippen molar-refractivity contribution in [2.24, 2.45) is 0 Å². The average Bonchev–Trinajstić information content (AvgIpc) is 3.10. The molecule has 0 fully saturated rings. The van der Waals surface area contributed by atoms with E-state index in [4.69, 9.17) is 20.9 Å². The first kappa shape index (κ1) is 14.1. The summed E-state index contributed by atoms with van der Waals surface area (Å²) in [5, 5.41) is 8.45. The zero-order chi connectivity index (χ0) is 14.8. The highest BCUT2D eigenvalue weighted by molar-refractivity contribution is 7.08. The number of hydrogen-bond acceptors (Lipinski definition) is 5.